The van der Waals surface area contributed by atoms with E-state index < -0.39 is 23.9 Å². The van der Waals surface area contributed by atoms with Gasteiger partial charge in [0.05, 0.1) is 35.5 Å². The third-order valence-electron chi connectivity index (χ3n) is 9.97. The highest BCUT2D eigenvalue weighted by atomic mass is 16.6. The van der Waals surface area contributed by atoms with E-state index in [1.54, 1.807) is 73.7 Å². The van der Waals surface area contributed by atoms with Crippen molar-refractivity contribution < 1.29 is 47.6 Å². The minimum Gasteiger partial charge on any atom is -0.494 e. The zero-order valence-electron chi connectivity index (χ0n) is 35.5. The number of esters is 4. The summed E-state index contributed by atoms with van der Waals surface area (Å²) in [7, 11) is 0. The van der Waals surface area contributed by atoms with Crippen molar-refractivity contribution in [1.29, 1.82) is 0 Å². The van der Waals surface area contributed by atoms with E-state index in [4.69, 9.17) is 28.4 Å². The van der Waals surface area contributed by atoms with Crippen LogP contribution < -0.4 is 28.4 Å². The Labute approximate surface area is 359 Å². The van der Waals surface area contributed by atoms with Crippen LogP contribution in [0.15, 0.2) is 115 Å². The Kier molecular flexibility index (Phi) is 18.4. The van der Waals surface area contributed by atoms with Crippen LogP contribution in [0.1, 0.15) is 138 Å². The lowest BCUT2D eigenvalue weighted by Gasteiger charge is -2.12. The standard InChI is InChI=1S/C51H56O10/c1-4-6-8-10-12-14-35-56-41-25-19-38(20-26-41)48(52)58-43-29-23-40(24-30-43)50(54)61-47-18-16-17-46(37(47)3)51(55)60-45-33-31-44(32-34-45)59-49(53)39-21-27-42(28-22-39)57-36-15-13-11-9-7-5-2/h16-34H,4-15,35-36H2,1-3H3. The predicted molar refractivity (Wildman–Crippen MR) is 235 cm³/mol. The number of rotatable bonds is 24. The molecule has 10 nitrogen and oxygen atoms in total. The van der Waals surface area contributed by atoms with Crippen molar-refractivity contribution in [3.8, 4) is 34.5 Å². The summed E-state index contributed by atoms with van der Waals surface area (Å²) in [6.45, 7) is 7.32. The lowest BCUT2D eigenvalue weighted by Crippen LogP contribution is -2.14. The van der Waals surface area contributed by atoms with Gasteiger partial charge in [-0.3, -0.25) is 0 Å². The number of hydrogen-bond donors (Lipinski definition) is 0. The van der Waals surface area contributed by atoms with Crippen molar-refractivity contribution in [2.45, 2.75) is 97.8 Å². The first-order chi connectivity index (χ1) is 29.7. The first kappa shape index (κ1) is 45.7. The van der Waals surface area contributed by atoms with Crippen LogP contribution in [0, 0.1) is 6.92 Å². The molecule has 0 saturated heterocycles. The molecule has 0 unspecified atom stereocenters. The van der Waals surface area contributed by atoms with Gasteiger partial charge in [0, 0.05) is 5.56 Å². The number of unbranched alkanes of at least 4 members (excludes halogenated alkanes) is 10. The molecule has 0 atom stereocenters. The topological polar surface area (TPSA) is 124 Å². The highest BCUT2D eigenvalue weighted by Crippen LogP contribution is 2.26. The SMILES string of the molecule is CCCCCCCCOc1ccc(C(=O)Oc2ccc(OC(=O)c3cccc(OC(=O)c4ccc(OC(=O)c5ccc(OCCCCCCCC)cc5)cc4)c3C)cc2)cc1. The highest BCUT2D eigenvalue weighted by Gasteiger charge is 2.19. The first-order valence-corrected chi connectivity index (χ1v) is 21.4. The minimum atomic E-state index is -0.666. The normalized spacial score (nSPS) is 10.7. The second-order valence-corrected chi connectivity index (χ2v) is 14.8. The lowest BCUT2D eigenvalue weighted by atomic mass is 10.1. The first-order valence-electron chi connectivity index (χ1n) is 21.4. The number of ether oxygens (including phenoxy) is 6. The summed E-state index contributed by atoms with van der Waals surface area (Å²) >= 11 is 0. The van der Waals surface area contributed by atoms with Gasteiger partial charge < -0.3 is 28.4 Å². The molecule has 0 spiro atoms. The Hall–Kier alpha value is -6.42. The zero-order chi connectivity index (χ0) is 43.2. The van der Waals surface area contributed by atoms with Gasteiger partial charge in [0.1, 0.15) is 34.5 Å². The van der Waals surface area contributed by atoms with Gasteiger partial charge in [-0.05, 0) is 129 Å². The lowest BCUT2D eigenvalue weighted by molar-refractivity contribution is 0.0711. The zero-order valence-corrected chi connectivity index (χ0v) is 35.5. The van der Waals surface area contributed by atoms with E-state index in [1.165, 1.54) is 99.9 Å². The molecule has 0 heterocycles. The summed E-state index contributed by atoms with van der Waals surface area (Å²) in [5, 5.41) is 0. The number of benzene rings is 5. The smallest absolute Gasteiger partial charge is 0.343 e. The van der Waals surface area contributed by atoms with Crippen LogP contribution in [0.25, 0.3) is 0 Å². The largest absolute Gasteiger partial charge is 0.494 e. The quantitative estimate of drug-likeness (QED) is 0.0337. The molecule has 0 aliphatic rings. The fourth-order valence-corrected chi connectivity index (χ4v) is 6.35. The molecule has 5 aromatic rings. The summed E-state index contributed by atoms with van der Waals surface area (Å²) in [5.74, 6) is -0.0812. The van der Waals surface area contributed by atoms with Crippen molar-refractivity contribution in [2.75, 3.05) is 13.2 Å². The van der Waals surface area contributed by atoms with Crippen molar-refractivity contribution in [2.24, 2.45) is 0 Å². The molecule has 0 fully saturated rings. The van der Waals surface area contributed by atoms with Crippen molar-refractivity contribution in [3.63, 3.8) is 0 Å². The van der Waals surface area contributed by atoms with Gasteiger partial charge >= 0.3 is 23.9 Å². The number of carbonyl (C=O) groups excluding carboxylic acids is 4. The second kappa shape index (κ2) is 24.6. The Morgan fingerprint density at radius 2 is 0.721 bits per heavy atom. The third kappa shape index (κ3) is 15.0. The molecular weight excluding hydrogens is 773 g/mol. The minimum absolute atomic E-state index is 0.175. The van der Waals surface area contributed by atoms with E-state index >= 15 is 0 Å². The molecule has 5 rings (SSSR count). The molecule has 0 aromatic heterocycles. The molecule has 5 aromatic carbocycles. The van der Waals surface area contributed by atoms with E-state index in [-0.39, 0.29) is 34.1 Å². The average molecular weight is 829 g/mol. The molecule has 0 radical (unpaired) electrons. The van der Waals surface area contributed by atoms with E-state index in [2.05, 4.69) is 13.8 Å². The van der Waals surface area contributed by atoms with Gasteiger partial charge in [0.2, 0.25) is 0 Å². The molecule has 10 heteroatoms. The summed E-state index contributed by atoms with van der Waals surface area (Å²) in [5.41, 5.74) is 1.54. The Morgan fingerprint density at radius 3 is 1.15 bits per heavy atom. The fraction of sp³-hybridized carbons (Fsp3) is 0.333. The third-order valence-corrected chi connectivity index (χ3v) is 9.97. The molecule has 0 amide bonds. The fourth-order valence-electron chi connectivity index (χ4n) is 6.35. The summed E-state index contributed by atoms with van der Waals surface area (Å²) in [6, 6.07) is 30.4. The van der Waals surface area contributed by atoms with Crippen molar-refractivity contribution in [3.05, 3.63) is 143 Å². The van der Waals surface area contributed by atoms with Gasteiger partial charge in [0.15, 0.2) is 0 Å². The monoisotopic (exact) mass is 828 g/mol. The van der Waals surface area contributed by atoms with Gasteiger partial charge in [-0.15, -0.1) is 0 Å². The number of carbonyl (C=O) groups is 4. The molecular formula is C51H56O10. The van der Waals surface area contributed by atoms with Gasteiger partial charge in [0.25, 0.3) is 0 Å². The Bertz CT molecular complexity index is 2140. The van der Waals surface area contributed by atoms with Crippen LogP contribution in [0.4, 0.5) is 0 Å². The Morgan fingerprint density at radius 1 is 0.377 bits per heavy atom. The maximum Gasteiger partial charge on any atom is 0.343 e. The molecule has 61 heavy (non-hydrogen) atoms. The predicted octanol–water partition coefficient (Wildman–Crippen LogP) is 12.4. The van der Waals surface area contributed by atoms with Gasteiger partial charge in [-0.25, -0.2) is 19.2 Å². The van der Waals surface area contributed by atoms with Gasteiger partial charge in [-0.2, -0.15) is 0 Å². The Balaban J connectivity index is 1.06. The molecule has 0 aliphatic carbocycles. The molecule has 320 valence electrons. The molecule has 0 N–H and O–H groups in total. The van der Waals surface area contributed by atoms with E-state index in [0.29, 0.717) is 41.4 Å². The molecule has 0 aliphatic heterocycles. The van der Waals surface area contributed by atoms with Crippen LogP contribution in [0.3, 0.4) is 0 Å². The summed E-state index contributed by atoms with van der Waals surface area (Å²) in [4.78, 5) is 51.8. The van der Waals surface area contributed by atoms with E-state index in [1.807, 2.05) is 0 Å². The number of hydrogen-bond acceptors (Lipinski definition) is 10. The van der Waals surface area contributed by atoms with Crippen LogP contribution in [-0.4, -0.2) is 37.1 Å². The molecule has 0 bridgehead atoms. The van der Waals surface area contributed by atoms with Crippen LogP contribution in [0.5, 0.6) is 34.5 Å². The van der Waals surface area contributed by atoms with E-state index in [0.717, 1.165) is 25.7 Å². The summed E-state index contributed by atoms with van der Waals surface area (Å²) < 4.78 is 33.8. The average Bonchev–Trinajstić information content (AvgIpc) is 3.27. The van der Waals surface area contributed by atoms with Crippen LogP contribution in [-0.2, 0) is 0 Å². The van der Waals surface area contributed by atoms with E-state index in [9.17, 15) is 19.2 Å². The van der Waals surface area contributed by atoms with Crippen molar-refractivity contribution in [1.82, 2.24) is 0 Å². The van der Waals surface area contributed by atoms with Crippen LogP contribution in [0.2, 0.25) is 0 Å². The molecule has 0 saturated carbocycles. The second-order valence-electron chi connectivity index (χ2n) is 14.8. The highest BCUT2D eigenvalue weighted by molar-refractivity contribution is 5.95. The van der Waals surface area contributed by atoms with Crippen LogP contribution >= 0.6 is 0 Å². The maximum atomic E-state index is 13.2. The van der Waals surface area contributed by atoms with Crippen molar-refractivity contribution >= 4 is 23.9 Å². The van der Waals surface area contributed by atoms with Gasteiger partial charge in [-0.1, -0.05) is 84.1 Å². The maximum absolute atomic E-state index is 13.2. The summed E-state index contributed by atoms with van der Waals surface area (Å²) in [6.07, 6.45) is 14.2.